The fourth-order valence-electron chi connectivity index (χ4n) is 2.54. The topological polar surface area (TPSA) is 66.8 Å². The van der Waals surface area contributed by atoms with Crippen LogP contribution in [0.3, 0.4) is 0 Å². The zero-order valence-electron chi connectivity index (χ0n) is 13.6. The van der Waals surface area contributed by atoms with Crippen molar-refractivity contribution in [2.75, 3.05) is 23.9 Å². The third kappa shape index (κ3) is 3.49. The van der Waals surface area contributed by atoms with E-state index in [4.69, 9.17) is 9.84 Å². The van der Waals surface area contributed by atoms with Gasteiger partial charge in [0.25, 0.3) is 11.8 Å². The Morgan fingerprint density at radius 1 is 1.20 bits per heavy atom. The van der Waals surface area contributed by atoms with Gasteiger partial charge in [-0.05, 0) is 30.5 Å². The van der Waals surface area contributed by atoms with E-state index in [9.17, 15) is 9.59 Å². The largest absolute Gasteiger partial charge is 0.494 e. The molecule has 0 saturated heterocycles. The summed E-state index contributed by atoms with van der Waals surface area (Å²) in [6, 6.07) is 10.6. The lowest BCUT2D eigenvalue weighted by Crippen LogP contribution is -2.31. The van der Waals surface area contributed by atoms with Crippen molar-refractivity contribution < 1.29 is 19.4 Å². The molecule has 1 N–H and O–H groups in total. The maximum absolute atomic E-state index is 13.0. The molecule has 2 heterocycles. The van der Waals surface area contributed by atoms with Crippen molar-refractivity contribution in [3.8, 4) is 5.75 Å². The van der Waals surface area contributed by atoms with Crippen molar-refractivity contribution in [2.24, 2.45) is 0 Å². The van der Waals surface area contributed by atoms with Crippen LogP contribution in [0.5, 0.6) is 5.75 Å². The number of anilines is 1. The van der Waals surface area contributed by atoms with E-state index in [1.54, 1.807) is 24.3 Å². The van der Waals surface area contributed by atoms with E-state index in [2.05, 4.69) is 0 Å². The van der Waals surface area contributed by atoms with Crippen LogP contribution in [0.4, 0.5) is 5.69 Å². The second-order valence-corrected chi connectivity index (χ2v) is 7.18. The fourth-order valence-corrected chi connectivity index (χ4v) is 4.23. The maximum atomic E-state index is 13.0. The van der Waals surface area contributed by atoms with Crippen LogP contribution in [0, 0.1) is 0 Å². The molecule has 1 aliphatic heterocycles. The predicted molar refractivity (Wildman–Crippen MR) is 101 cm³/mol. The number of thioether (sulfide) groups is 1. The summed E-state index contributed by atoms with van der Waals surface area (Å²) in [6.07, 6.45) is 0. The van der Waals surface area contributed by atoms with Crippen LogP contribution in [0.15, 0.2) is 46.7 Å². The first-order valence-corrected chi connectivity index (χ1v) is 9.67. The summed E-state index contributed by atoms with van der Waals surface area (Å²) in [4.78, 5) is 28.2. The van der Waals surface area contributed by atoms with Gasteiger partial charge in [0, 0.05) is 16.7 Å². The molecule has 0 spiro atoms. The lowest BCUT2D eigenvalue weighted by atomic mass is 10.2. The minimum atomic E-state index is -0.361. The molecule has 0 aliphatic carbocycles. The molecule has 7 heteroatoms. The smallest absolute Gasteiger partial charge is 0.272 e. The third-order valence-electron chi connectivity index (χ3n) is 3.53. The molecule has 0 atom stereocenters. The van der Waals surface area contributed by atoms with E-state index in [-0.39, 0.29) is 18.4 Å². The van der Waals surface area contributed by atoms with E-state index in [1.165, 1.54) is 28.0 Å². The van der Waals surface area contributed by atoms with Gasteiger partial charge in [0.15, 0.2) is 0 Å². The summed E-state index contributed by atoms with van der Waals surface area (Å²) in [5, 5.41) is 11.0. The average Bonchev–Trinajstić information content (AvgIpc) is 3.20. The van der Waals surface area contributed by atoms with Crippen LogP contribution in [-0.2, 0) is 9.59 Å². The van der Waals surface area contributed by atoms with Gasteiger partial charge in [0.05, 0.1) is 29.4 Å². The number of carbonyl (C=O) groups excluding carboxylic acids is 2. The number of amides is 2. The molecule has 1 aliphatic rings. The molecular weight excluding hydrogens is 358 g/mol. The minimum Gasteiger partial charge on any atom is -0.494 e. The van der Waals surface area contributed by atoms with Gasteiger partial charge in [-0.2, -0.15) is 0 Å². The van der Waals surface area contributed by atoms with Crippen molar-refractivity contribution in [1.82, 2.24) is 0 Å². The number of aliphatic hydroxyl groups excluding tert-OH is 1. The standard InChI is InChI=1S/C18H17NO4S2/c1-2-23-13-6-3-5-12(11-13)19-17(21)15(14-7-4-9-24-14)16(18(19)22)25-10-8-20/h3-7,9,11,20H,2,8,10H2,1H3. The summed E-state index contributed by atoms with van der Waals surface area (Å²) in [5.74, 6) is 0.257. The Bertz CT molecular complexity index is 814. The molecule has 2 amide bonds. The Hall–Kier alpha value is -2.09. The van der Waals surface area contributed by atoms with Crippen LogP contribution in [-0.4, -0.2) is 35.9 Å². The van der Waals surface area contributed by atoms with Crippen LogP contribution in [0.1, 0.15) is 11.8 Å². The van der Waals surface area contributed by atoms with Gasteiger partial charge < -0.3 is 9.84 Å². The molecule has 3 rings (SSSR count). The molecule has 0 saturated carbocycles. The first-order valence-electron chi connectivity index (χ1n) is 7.80. The number of aliphatic hydroxyl groups is 1. The summed E-state index contributed by atoms with van der Waals surface area (Å²) in [5.41, 5.74) is 0.884. The van der Waals surface area contributed by atoms with Crippen molar-refractivity contribution >= 4 is 46.2 Å². The summed E-state index contributed by atoms with van der Waals surface area (Å²) in [6.45, 7) is 2.31. The summed E-state index contributed by atoms with van der Waals surface area (Å²) < 4.78 is 5.47. The van der Waals surface area contributed by atoms with Gasteiger partial charge in [0.1, 0.15) is 5.75 Å². The molecule has 0 fully saturated rings. The number of rotatable bonds is 7. The van der Waals surface area contributed by atoms with Gasteiger partial charge in [0.2, 0.25) is 0 Å². The van der Waals surface area contributed by atoms with Crippen LogP contribution in [0.2, 0.25) is 0 Å². The lowest BCUT2D eigenvalue weighted by molar-refractivity contribution is -0.119. The number of ether oxygens (including phenoxy) is 1. The molecule has 5 nitrogen and oxygen atoms in total. The Morgan fingerprint density at radius 3 is 2.72 bits per heavy atom. The Balaban J connectivity index is 2.00. The van der Waals surface area contributed by atoms with E-state index in [0.717, 1.165) is 4.88 Å². The molecule has 1 aromatic heterocycles. The SMILES string of the molecule is CCOc1cccc(N2C(=O)C(SCCO)=C(c3cccs3)C2=O)c1. The normalized spacial score (nSPS) is 14.6. The van der Waals surface area contributed by atoms with E-state index in [1.807, 2.05) is 24.4 Å². The van der Waals surface area contributed by atoms with E-state index in [0.29, 0.717) is 34.3 Å². The highest BCUT2D eigenvalue weighted by Gasteiger charge is 2.40. The van der Waals surface area contributed by atoms with Crippen molar-refractivity contribution in [1.29, 1.82) is 0 Å². The van der Waals surface area contributed by atoms with Crippen LogP contribution < -0.4 is 9.64 Å². The summed E-state index contributed by atoms with van der Waals surface area (Å²) in [7, 11) is 0. The highest BCUT2D eigenvalue weighted by molar-refractivity contribution is 8.04. The molecule has 130 valence electrons. The number of hydrogen-bond acceptors (Lipinski definition) is 6. The number of carbonyl (C=O) groups is 2. The number of hydrogen-bond donors (Lipinski definition) is 1. The van der Waals surface area contributed by atoms with Gasteiger partial charge in [-0.3, -0.25) is 9.59 Å². The molecule has 0 bridgehead atoms. The molecular formula is C18H17NO4S2. The zero-order valence-corrected chi connectivity index (χ0v) is 15.2. The maximum Gasteiger partial charge on any atom is 0.272 e. The van der Waals surface area contributed by atoms with Crippen LogP contribution in [0.25, 0.3) is 5.57 Å². The lowest BCUT2D eigenvalue weighted by Gasteiger charge is -2.16. The Morgan fingerprint density at radius 2 is 2.04 bits per heavy atom. The fraction of sp³-hybridized carbons (Fsp3) is 0.222. The first-order chi connectivity index (χ1) is 12.2. The second-order valence-electron chi connectivity index (χ2n) is 5.13. The van der Waals surface area contributed by atoms with Crippen LogP contribution >= 0.6 is 23.1 Å². The third-order valence-corrected chi connectivity index (χ3v) is 5.47. The molecule has 1 aromatic carbocycles. The van der Waals surface area contributed by atoms with Gasteiger partial charge in [-0.25, -0.2) is 4.90 Å². The Kier molecular flexibility index (Phi) is 5.57. The number of benzene rings is 1. The molecule has 2 aromatic rings. The molecule has 0 radical (unpaired) electrons. The van der Waals surface area contributed by atoms with E-state index >= 15 is 0 Å². The van der Waals surface area contributed by atoms with E-state index < -0.39 is 0 Å². The number of thiophene rings is 1. The number of imide groups is 1. The monoisotopic (exact) mass is 375 g/mol. The molecule has 25 heavy (non-hydrogen) atoms. The molecule has 0 unspecified atom stereocenters. The predicted octanol–water partition coefficient (Wildman–Crippen LogP) is 3.16. The second kappa shape index (κ2) is 7.86. The Labute approximate surface area is 153 Å². The summed E-state index contributed by atoms with van der Waals surface area (Å²) >= 11 is 2.62. The van der Waals surface area contributed by atoms with Gasteiger partial charge >= 0.3 is 0 Å². The first kappa shape index (κ1) is 17.7. The highest BCUT2D eigenvalue weighted by Crippen LogP contribution is 2.40. The zero-order chi connectivity index (χ0) is 17.8. The van der Waals surface area contributed by atoms with Gasteiger partial charge in [-0.1, -0.05) is 12.1 Å². The van der Waals surface area contributed by atoms with Gasteiger partial charge in [-0.15, -0.1) is 23.1 Å². The average molecular weight is 375 g/mol. The quantitative estimate of drug-likeness (QED) is 0.753. The van der Waals surface area contributed by atoms with Crippen molar-refractivity contribution in [2.45, 2.75) is 6.92 Å². The van der Waals surface area contributed by atoms with Crippen molar-refractivity contribution in [3.05, 3.63) is 51.6 Å². The number of nitrogens with zero attached hydrogens (tertiary/aromatic N) is 1. The minimum absolute atomic E-state index is 0.0623. The van der Waals surface area contributed by atoms with Crippen molar-refractivity contribution in [3.63, 3.8) is 0 Å². The highest BCUT2D eigenvalue weighted by atomic mass is 32.2.